The third-order valence-electron chi connectivity index (χ3n) is 4.37. The number of fused-ring (bicyclic) bond motifs is 1. The summed E-state index contributed by atoms with van der Waals surface area (Å²) < 4.78 is 3.43. The number of benzene rings is 2. The highest BCUT2D eigenvalue weighted by Crippen LogP contribution is 2.27. The van der Waals surface area contributed by atoms with Gasteiger partial charge in [-0.2, -0.15) is 4.68 Å². The molecule has 2 aromatic heterocycles. The smallest absolute Gasteiger partial charge is 0.278 e. The Morgan fingerprint density at radius 2 is 1.85 bits per heavy atom. The molecule has 27 heavy (non-hydrogen) atoms. The number of hydrogen-bond acceptors (Lipinski definition) is 5. The molecule has 0 spiro atoms. The highest BCUT2D eigenvalue weighted by molar-refractivity contribution is 7.98. The molecule has 0 saturated heterocycles. The largest absolute Gasteiger partial charge is 0.295 e. The Labute approximate surface area is 160 Å². The van der Waals surface area contributed by atoms with Gasteiger partial charge in [-0.25, -0.2) is 4.98 Å². The summed E-state index contributed by atoms with van der Waals surface area (Å²) in [6.07, 6.45) is 3.71. The minimum Gasteiger partial charge on any atom is -0.295 e. The predicted octanol–water partition coefficient (Wildman–Crippen LogP) is 3.85. The molecule has 0 unspecified atom stereocenters. The molecule has 4 rings (SSSR count). The first-order chi connectivity index (χ1) is 13.1. The van der Waals surface area contributed by atoms with Gasteiger partial charge in [0.15, 0.2) is 5.16 Å². The predicted molar refractivity (Wildman–Crippen MR) is 107 cm³/mol. The average molecular weight is 377 g/mol. The number of aromatic nitrogens is 5. The van der Waals surface area contributed by atoms with Crippen molar-refractivity contribution in [3.63, 3.8) is 0 Å². The molecular weight excluding hydrogens is 358 g/mol. The lowest BCUT2D eigenvalue weighted by Gasteiger charge is -2.15. The molecule has 0 bridgehead atoms. The molecule has 0 saturated carbocycles. The Morgan fingerprint density at radius 3 is 2.70 bits per heavy atom. The lowest BCUT2D eigenvalue weighted by molar-refractivity contribution is 0.643. The van der Waals surface area contributed by atoms with Crippen molar-refractivity contribution in [3.8, 4) is 5.69 Å². The van der Waals surface area contributed by atoms with Gasteiger partial charge in [-0.05, 0) is 29.7 Å². The summed E-state index contributed by atoms with van der Waals surface area (Å²) in [5.41, 5.74) is 2.81. The molecule has 2 heterocycles. The van der Waals surface area contributed by atoms with Crippen molar-refractivity contribution in [2.75, 3.05) is 0 Å². The molecule has 0 aliphatic heterocycles. The van der Waals surface area contributed by atoms with Crippen molar-refractivity contribution in [3.05, 3.63) is 76.8 Å². The number of nitrogens with zero attached hydrogens (tertiary/aromatic N) is 5. The van der Waals surface area contributed by atoms with E-state index in [9.17, 15) is 4.79 Å². The van der Waals surface area contributed by atoms with E-state index in [0.717, 1.165) is 10.8 Å². The van der Waals surface area contributed by atoms with Crippen LogP contribution < -0.4 is 5.56 Å². The van der Waals surface area contributed by atoms with Crippen LogP contribution in [0.1, 0.15) is 25.3 Å². The first kappa shape index (κ1) is 17.5. The van der Waals surface area contributed by atoms with E-state index in [4.69, 9.17) is 0 Å². The Morgan fingerprint density at radius 1 is 1.07 bits per heavy atom. The van der Waals surface area contributed by atoms with E-state index in [1.807, 2.05) is 30.5 Å². The quantitative estimate of drug-likeness (QED) is 0.494. The van der Waals surface area contributed by atoms with Gasteiger partial charge < -0.3 is 0 Å². The van der Waals surface area contributed by atoms with Gasteiger partial charge in [0.2, 0.25) is 0 Å². The average Bonchev–Trinajstić information content (AvgIpc) is 3.16. The Hall–Kier alpha value is -2.93. The zero-order valence-corrected chi connectivity index (χ0v) is 15.9. The van der Waals surface area contributed by atoms with E-state index >= 15 is 0 Å². The maximum absolute atomic E-state index is 12.6. The molecule has 0 radical (unpaired) electrons. The summed E-state index contributed by atoms with van der Waals surface area (Å²) in [6.45, 7) is 4.35. The standard InChI is InChI=1S/C20H19N5OS/c1-14(2)15-7-4-6-10-18(15)24-12-11-21-20(24)27-13-25-19(26)16-8-3-5-9-17(16)22-23-25/h3-12,14H,13H2,1-2H3. The van der Waals surface area contributed by atoms with Crippen molar-refractivity contribution in [2.24, 2.45) is 0 Å². The molecule has 0 atom stereocenters. The number of imidazole rings is 1. The van der Waals surface area contributed by atoms with Gasteiger partial charge in [0, 0.05) is 12.4 Å². The molecule has 6 nitrogen and oxygen atoms in total. The number of thioether (sulfide) groups is 1. The third-order valence-corrected chi connectivity index (χ3v) is 5.30. The Kier molecular flexibility index (Phi) is 4.77. The van der Waals surface area contributed by atoms with Crippen LogP contribution in [0, 0.1) is 0 Å². The zero-order valence-electron chi connectivity index (χ0n) is 15.1. The van der Waals surface area contributed by atoms with Crippen LogP contribution in [0.5, 0.6) is 0 Å². The van der Waals surface area contributed by atoms with Gasteiger partial charge in [-0.15, -0.1) is 5.10 Å². The highest BCUT2D eigenvalue weighted by atomic mass is 32.2. The number of para-hydroxylation sites is 1. The molecule has 0 aliphatic carbocycles. The number of rotatable bonds is 5. The number of hydrogen-bond donors (Lipinski definition) is 0. The van der Waals surface area contributed by atoms with Gasteiger partial charge in [-0.3, -0.25) is 9.36 Å². The molecule has 0 N–H and O–H groups in total. The summed E-state index contributed by atoms with van der Waals surface area (Å²) >= 11 is 1.46. The lowest BCUT2D eigenvalue weighted by atomic mass is 10.0. The van der Waals surface area contributed by atoms with Gasteiger partial charge >= 0.3 is 0 Å². The van der Waals surface area contributed by atoms with Crippen LogP contribution in [-0.4, -0.2) is 24.5 Å². The Balaban J connectivity index is 1.64. The van der Waals surface area contributed by atoms with E-state index in [2.05, 4.69) is 45.8 Å². The second-order valence-corrected chi connectivity index (χ2v) is 7.39. The molecule has 136 valence electrons. The topological polar surface area (TPSA) is 65.6 Å². The minimum atomic E-state index is -0.145. The third kappa shape index (κ3) is 3.38. The summed E-state index contributed by atoms with van der Waals surface area (Å²) in [6, 6.07) is 15.5. The first-order valence-corrected chi connectivity index (χ1v) is 9.71. The van der Waals surface area contributed by atoms with Crippen LogP contribution in [0.25, 0.3) is 16.6 Å². The summed E-state index contributed by atoms with van der Waals surface area (Å²) in [5.74, 6) is 0.743. The molecule has 4 aromatic rings. The fourth-order valence-electron chi connectivity index (χ4n) is 3.00. The van der Waals surface area contributed by atoms with E-state index in [1.54, 1.807) is 18.3 Å². The molecule has 7 heteroatoms. The van der Waals surface area contributed by atoms with Crippen molar-refractivity contribution in [1.82, 2.24) is 24.5 Å². The molecule has 0 aliphatic rings. The van der Waals surface area contributed by atoms with Gasteiger partial charge in [0.25, 0.3) is 5.56 Å². The normalized spacial score (nSPS) is 11.4. The Bertz CT molecular complexity index is 1150. The summed E-state index contributed by atoms with van der Waals surface area (Å²) in [5, 5.41) is 9.56. The van der Waals surface area contributed by atoms with Crippen LogP contribution in [0.2, 0.25) is 0 Å². The molecule has 0 fully saturated rings. The minimum absolute atomic E-state index is 0.145. The van der Waals surface area contributed by atoms with Gasteiger partial charge in [-0.1, -0.05) is 61.2 Å². The van der Waals surface area contributed by atoms with Crippen molar-refractivity contribution >= 4 is 22.7 Å². The van der Waals surface area contributed by atoms with E-state index < -0.39 is 0 Å². The van der Waals surface area contributed by atoms with E-state index in [1.165, 1.54) is 22.0 Å². The maximum atomic E-state index is 12.6. The van der Waals surface area contributed by atoms with E-state index in [-0.39, 0.29) is 5.56 Å². The van der Waals surface area contributed by atoms with Crippen molar-refractivity contribution in [2.45, 2.75) is 30.8 Å². The van der Waals surface area contributed by atoms with Gasteiger partial charge in [0.05, 0.1) is 17.0 Å². The van der Waals surface area contributed by atoms with Crippen molar-refractivity contribution < 1.29 is 0 Å². The van der Waals surface area contributed by atoms with E-state index in [0.29, 0.717) is 22.7 Å². The second kappa shape index (κ2) is 7.36. The molecular formula is C20H19N5OS. The van der Waals surface area contributed by atoms with Gasteiger partial charge in [0.1, 0.15) is 5.52 Å². The fraction of sp³-hybridized carbons (Fsp3) is 0.200. The second-order valence-electron chi connectivity index (χ2n) is 6.48. The van der Waals surface area contributed by atoms with Crippen LogP contribution >= 0.6 is 11.8 Å². The maximum Gasteiger partial charge on any atom is 0.278 e. The highest BCUT2D eigenvalue weighted by Gasteiger charge is 2.13. The molecule has 0 amide bonds. The summed E-state index contributed by atoms with van der Waals surface area (Å²) in [7, 11) is 0. The van der Waals surface area contributed by atoms with Crippen molar-refractivity contribution in [1.29, 1.82) is 0 Å². The van der Waals surface area contributed by atoms with Crippen LogP contribution in [0.15, 0.2) is 70.9 Å². The van der Waals surface area contributed by atoms with Crippen LogP contribution in [0.4, 0.5) is 0 Å². The van der Waals surface area contributed by atoms with Crippen LogP contribution in [-0.2, 0) is 5.88 Å². The zero-order chi connectivity index (χ0) is 18.8. The summed E-state index contributed by atoms with van der Waals surface area (Å²) in [4.78, 5) is 17.1. The monoisotopic (exact) mass is 377 g/mol. The SMILES string of the molecule is CC(C)c1ccccc1-n1ccnc1SCn1nnc2ccccc2c1=O. The lowest BCUT2D eigenvalue weighted by Crippen LogP contribution is -2.23. The molecule has 2 aromatic carbocycles. The first-order valence-electron chi connectivity index (χ1n) is 8.73. The fourth-order valence-corrected chi connectivity index (χ4v) is 3.84. The van der Waals surface area contributed by atoms with Crippen LogP contribution in [0.3, 0.4) is 0 Å².